The number of carbonyl (C=O) groups excluding carboxylic acids is 2. The molecule has 2 amide bonds. The molecule has 1 rings (SSSR count). The van der Waals surface area contributed by atoms with Crippen LogP contribution >= 0.6 is 0 Å². The van der Waals surface area contributed by atoms with Crippen LogP contribution in [0.3, 0.4) is 0 Å². The second-order valence-corrected chi connectivity index (χ2v) is 4.45. The molecule has 0 aromatic heterocycles. The van der Waals surface area contributed by atoms with Gasteiger partial charge < -0.3 is 20.3 Å². The fourth-order valence-corrected chi connectivity index (χ4v) is 1.71. The van der Waals surface area contributed by atoms with Crippen molar-refractivity contribution in [2.24, 2.45) is 11.7 Å². The van der Waals surface area contributed by atoms with Gasteiger partial charge in [-0.2, -0.15) is 0 Å². The number of rotatable bonds is 4. The Kier molecular flexibility index (Phi) is 4.89. The quantitative estimate of drug-likeness (QED) is 0.680. The van der Waals surface area contributed by atoms with Crippen molar-refractivity contribution >= 4 is 11.8 Å². The zero-order chi connectivity index (χ0) is 13.0. The topological polar surface area (TPSA) is 75.9 Å². The van der Waals surface area contributed by atoms with Gasteiger partial charge in [0.25, 0.3) is 0 Å². The Morgan fingerprint density at radius 2 is 2.00 bits per heavy atom. The lowest BCUT2D eigenvalue weighted by Gasteiger charge is -2.25. The molecule has 0 radical (unpaired) electrons. The van der Waals surface area contributed by atoms with E-state index in [4.69, 9.17) is 10.5 Å². The summed E-state index contributed by atoms with van der Waals surface area (Å²) in [7, 11) is 3.34. The van der Waals surface area contributed by atoms with Crippen LogP contribution in [0.25, 0.3) is 0 Å². The molecule has 17 heavy (non-hydrogen) atoms. The molecule has 1 aliphatic rings. The van der Waals surface area contributed by atoms with Crippen molar-refractivity contribution in [1.82, 2.24) is 9.80 Å². The molecular formula is C11H21N3O3. The Morgan fingerprint density at radius 1 is 1.35 bits per heavy atom. The fraction of sp³-hybridized carbons (Fsp3) is 0.818. The fourth-order valence-electron chi connectivity index (χ4n) is 1.71. The molecule has 98 valence electrons. The zero-order valence-electron chi connectivity index (χ0n) is 10.7. The van der Waals surface area contributed by atoms with Crippen molar-refractivity contribution in [1.29, 1.82) is 0 Å². The van der Waals surface area contributed by atoms with Crippen LogP contribution in [0.1, 0.15) is 6.92 Å². The Labute approximate surface area is 102 Å². The van der Waals surface area contributed by atoms with Crippen molar-refractivity contribution < 1.29 is 14.3 Å². The lowest BCUT2D eigenvalue weighted by molar-refractivity contribution is -0.141. The molecule has 0 bridgehead atoms. The van der Waals surface area contributed by atoms with Gasteiger partial charge in [-0.05, 0) is 6.92 Å². The number of amides is 2. The van der Waals surface area contributed by atoms with Crippen LogP contribution in [0.15, 0.2) is 0 Å². The third-order valence-corrected chi connectivity index (χ3v) is 2.96. The van der Waals surface area contributed by atoms with E-state index >= 15 is 0 Å². The maximum atomic E-state index is 12.1. The van der Waals surface area contributed by atoms with E-state index < -0.39 is 0 Å². The van der Waals surface area contributed by atoms with Gasteiger partial charge >= 0.3 is 0 Å². The highest BCUT2D eigenvalue weighted by molar-refractivity contribution is 5.86. The van der Waals surface area contributed by atoms with Crippen LogP contribution in [0.4, 0.5) is 0 Å². The van der Waals surface area contributed by atoms with Gasteiger partial charge in [0, 0.05) is 26.7 Å². The number of carbonyl (C=O) groups is 2. The first-order valence-corrected chi connectivity index (χ1v) is 5.79. The van der Waals surface area contributed by atoms with Crippen molar-refractivity contribution in [2.45, 2.75) is 13.0 Å². The minimum absolute atomic E-state index is 0.0901. The molecule has 0 saturated carbocycles. The summed E-state index contributed by atoms with van der Waals surface area (Å²) in [4.78, 5) is 26.7. The second kappa shape index (κ2) is 5.97. The van der Waals surface area contributed by atoms with Crippen molar-refractivity contribution in [3.63, 3.8) is 0 Å². The Balaban J connectivity index is 2.60. The molecular weight excluding hydrogens is 222 g/mol. The number of nitrogens with two attached hydrogens (primary N) is 1. The van der Waals surface area contributed by atoms with Gasteiger partial charge in [-0.1, -0.05) is 0 Å². The monoisotopic (exact) mass is 243 g/mol. The SMILES string of the molecule is CCN(CC(=O)N(C)C)C(=O)C1COCC1N. The van der Waals surface area contributed by atoms with E-state index in [9.17, 15) is 9.59 Å². The maximum absolute atomic E-state index is 12.1. The molecule has 1 aliphatic heterocycles. The van der Waals surface area contributed by atoms with Crippen molar-refractivity contribution in [3.05, 3.63) is 0 Å². The summed E-state index contributed by atoms with van der Waals surface area (Å²) >= 11 is 0. The van der Waals surface area contributed by atoms with E-state index in [0.717, 1.165) is 0 Å². The number of hydrogen-bond acceptors (Lipinski definition) is 4. The third kappa shape index (κ3) is 3.41. The summed E-state index contributed by atoms with van der Waals surface area (Å²) in [6, 6.07) is -0.258. The van der Waals surface area contributed by atoms with Gasteiger partial charge in [0.05, 0.1) is 25.7 Å². The van der Waals surface area contributed by atoms with E-state index in [0.29, 0.717) is 19.8 Å². The molecule has 0 spiro atoms. The number of likely N-dealkylation sites (N-methyl/N-ethyl adjacent to an activating group) is 2. The Morgan fingerprint density at radius 3 is 2.41 bits per heavy atom. The van der Waals surface area contributed by atoms with E-state index in [1.54, 1.807) is 14.1 Å². The predicted molar refractivity (Wildman–Crippen MR) is 63.2 cm³/mol. The average Bonchev–Trinajstić information content (AvgIpc) is 2.70. The van der Waals surface area contributed by atoms with Gasteiger partial charge in [-0.25, -0.2) is 0 Å². The highest BCUT2D eigenvalue weighted by atomic mass is 16.5. The van der Waals surface area contributed by atoms with E-state index in [-0.39, 0.29) is 30.3 Å². The van der Waals surface area contributed by atoms with Gasteiger partial charge in [-0.3, -0.25) is 9.59 Å². The summed E-state index contributed by atoms with van der Waals surface area (Å²) in [5.74, 6) is -0.495. The van der Waals surface area contributed by atoms with Crippen molar-refractivity contribution in [3.8, 4) is 0 Å². The molecule has 2 atom stereocenters. The first-order chi connectivity index (χ1) is 7.97. The average molecular weight is 243 g/mol. The Bertz CT molecular complexity index is 294. The lowest BCUT2D eigenvalue weighted by Crippen LogP contribution is -2.47. The van der Waals surface area contributed by atoms with Crippen LogP contribution < -0.4 is 5.73 Å². The molecule has 1 fully saturated rings. The van der Waals surface area contributed by atoms with Crippen LogP contribution in [0.5, 0.6) is 0 Å². The van der Waals surface area contributed by atoms with E-state index in [2.05, 4.69) is 0 Å². The van der Waals surface area contributed by atoms with E-state index in [1.807, 2.05) is 6.92 Å². The minimum Gasteiger partial charge on any atom is -0.379 e. The van der Waals surface area contributed by atoms with Crippen LogP contribution in [-0.2, 0) is 14.3 Å². The predicted octanol–water partition coefficient (Wildman–Crippen LogP) is -1.10. The van der Waals surface area contributed by atoms with Crippen molar-refractivity contribution in [2.75, 3.05) is 40.4 Å². The molecule has 6 heteroatoms. The summed E-state index contributed by atoms with van der Waals surface area (Å²) < 4.78 is 5.17. The number of nitrogens with zero attached hydrogens (tertiary/aromatic N) is 2. The molecule has 2 unspecified atom stereocenters. The lowest BCUT2D eigenvalue weighted by atomic mass is 10.0. The first-order valence-electron chi connectivity index (χ1n) is 5.79. The smallest absolute Gasteiger partial charge is 0.241 e. The second-order valence-electron chi connectivity index (χ2n) is 4.45. The van der Waals surface area contributed by atoms with Gasteiger partial charge in [-0.15, -0.1) is 0 Å². The van der Waals surface area contributed by atoms with Crippen LogP contribution in [-0.4, -0.2) is 68.1 Å². The summed E-state index contributed by atoms with van der Waals surface area (Å²) in [6.45, 7) is 3.22. The maximum Gasteiger partial charge on any atom is 0.241 e. The molecule has 2 N–H and O–H groups in total. The third-order valence-electron chi connectivity index (χ3n) is 2.96. The first kappa shape index (κ1) is 13.9. The van der Waals surface area contributed by atoms with Gasteiger partial charge in [0.1, 0.15) is 0 Å². The minimum atomic E-state index is -0.315. The number of hydrogen-bond donors (Lipinski definition) is 1. The highest BCUT2D eigenvalue weighted by Crippen LogP contribution is 2.14. The molecule has 0 aromatic carbocycles. The molecule has 1 saturated heterocycles. The summed E-state index contributed by atoms with van der Waals surface area (Å²) in [5.41, 5.74) is 5.80. The summed E-state index contributed by atoms with van der Waals surface area (Å²) in [6.07, 6.45) is 0. The van der Waals surface area contributed by atoms with Crippen LogP contribution in [0.2, 0.25) is 0 Å². The Hall–Kier alpha value is -1.14. The van der Waals surface area contributed by atoms with Gasteiger partial charge in [0.2, 0.25) is 11.8 Å². The summed E-state index contributed by atoms with van der Waals surface area (Å²) in [5, 5.41) is 0. The zero-order valence-corrected chi connectivity index (χ0v) is 10.7. The highest BCUT2D eigenvalue weighted by Gasteiger charge is 2.34. The molecule has 0 aliphatic carbocycles. The normalized spacial score (nSPS) is 23.5. The van der Waals surface area contributed by atoms with Gasteiger partial charge in [0.15, 0.2) is 0 Å². The van der Waals surface area contributed by atoms with Crippen LogP contribution in [0, 0.1) is 5.92 Å². The molecule has 1 heterocycles. The molecule has 0 aromatic rings. The largest absolute Gasteiger partial charge is 0.379 e. The molecule has 6 nitrogen and oxygen atoms in total. The van der Waals surface area contributed by atoms with E-state index in [1.165, 1.54) is 9.80 Å². The number of ether oxygens (including phenoxy) is 1. The standard InChI is InChI=1S/C11H21N3O3/c1-4-14(5-10(15)13(2)3)11(16)8-6-17-7-9(8)12/h8-9H,4-7,12H2,1-3H3.